The third kappa shape index (κ3) is 4.32. The van der Waals surface area contributed by atoms with Gasteiger partial charge in [-0.3, -0.25) is 4.79 Å². The molecule has 0 amide bonds. The number of rotatable bonds is 6. The summed E-state index contributed by atoms with van der Waals surface area (Å²) in [5, 5.41) is 9.75. The number of nitrogens with zero attached hydrogens (tertiary/aromatic N) is 5. The van der Waals surface area contributed by atoms with Crippen LogP contribution < -0.4 is 14.8 Å². The molecular weight excluding hydrogens is 530 g/mol. The summed E-state index contributed by atoms with van der Waals surface area (Å²) in [6.45, 7) is 0. The van der Waals surface area contributed by atoms with Gasteiger partial charge in [0.15, 0.2) is 5.82 Å². The molecule has 2 aromatic carbocycles. The van der Waals surface area contributed by atoms with E-state index in [1.54, 1.807) is 7.11 Å². The predicted molar refractivity (Wildman–Crippen MR) is 161 cm³/mol. The van der Waals surface area contributed by atoms with E-state index in [4.69, 9.17) is 9.84 Å². The second-order valence-electron chi connectivity index (χ2n) is 12.1. The Morgan fingerprint density at radius 2 is 1.63 bits per heavy atom. The summed E-state index contributed by atoms with van der Waals surface area (Å²) < 4.78 is 9.30. The maximum atomic E-state index is 13.5. The fourth-order valence-corrected chi connectivity index (χ4v) is 8.87. The molecule has 0 aliphatic heterocycles. The molecule has 0 atom stereocenters. The molecule has 8 heteroatoms. The monoisotopic (exact) mass is 561 g/mol. The van der Waals surface area contributed by atoms with Gasteiger partial charge < -0.3 is 4.74 Å². The van der Waals surface area contributed by atoms with Crippen LogP contribution in [0.2, 0.25) is 0 Å². The van der Waals surface area contributed by atoms with Crippen molar-refractivity contribution >= 4 is 34.5 Å². The Labute approximate surface area is 241 Å². The lowest BCUT2D eigenvalue weighted by Gasteiger charge is -2.56. The van der Waals surface area contributed by atoms with Crippen LogP contribution in [-0.2, 0) is 5.41 Å². The van der Waals surface area contributed by atoms with Crippen molar-refractivity contribution in [2.24, 2.45) is 17.8 Å². The largest absolute Gasteiger partial charge is 0.497 e. The Morgan fingerprint density at radius 3 is 2.29 bits per heavy atom. The van der Waals surface area contributed by atoms with E-state index in [9.17, 15) is 4.79 Å². The lowest BCUT2D eigenvalue weighted by Crippen LogP contribution is -2.49. The topological polar surface area (TPSA) is 74.3 Å². The molecule has 4 bridgehead atoms. The van der Waals surface area contributed by atoms with Gasteiger partial charge >= 0.3 is 0 Å². The van der Waals surface area contributed by atoms with Crippen LogP contribution in [0.15, 0.2) is 65.6 Å². The highest BCUT2D eigenvalue weighted by Gasteiger charge is 2.53. The van der Waals surface area contributed by atoms with Crippen LogP contribution >= 0.6 is 11.3 Å². The van der Waals surface area contributed by atoms with Crippen molar-refractivity contribution in [3.05, 3.63) is 98.3 Å². The van der Waals surface area contributed by atoms with Gasteiger partial charge in [0.05, 0.1) is 23.0 Å². The van der Waals surface area contributed by atoms with E-state index < -0.39 is 0 Å². The molecule has 4 saturated carbocycles. The van der Waals surface area contributed by atoms with Crippen molar-refractivity contribution < 1.29 is 4.74 Å². The number of hydrogen-bond acceptors (Lipinski definition) is 6. The second kappa shape index (κ2) is 9.52. The first-order valence-corrected chi connectivity index (χ1v) is 15.3. The van der Waals surface area contributed by atoms with Gasteiger partial charge in [-0.25, -0.2) is 4.68 Å². The zero-order valence-electron chi connectivity index (χ0n) is 22.9. The summed E-state index contributed by atoms with van der Waals surface area (Å²) in [5.74, 6) is 3.75. The van der Waals surface area contributed by atoms with Crippen LogP contribution in [0.25, 0.3) is 28.9 Å². The lowest BCUT2D eigenvalue weighted by molar-refractivity contribution is -0.00743. The zero-order chi connectivity index (χ0) is 27.6. The Kier molecular flexibility index (Phi) is 5.74. The number of hydrogen-bond donors (Lipinski definition) is 0. The molecule has 4 fully saturated rings. The highest BCUT2D eigenvalue weighted by Crippen LogP contribution is 2.61. The van der Waals surface area contributed by atoms with Gasteiger partial charge in [0.25, 0.3) is 5.56 Å². The Hall–Kier alpha value is -4.04. The van der Waals surface area contributed by atoms with Gasteiger partial charge in [0, 0.05) is 17.2 Å². The van der Waals surface area contributed by atoms with Crippen molar-refractivity contribution in [1.29, 1.82) is 0 Å². The summed E-state index contributed by atoms with van der Waals surface area (Å²) >= 11 is 1.39. The lowest BCUT2D eigenvalue weighted by atomic mass is 9.48. The van der Waals surface area contributed by atoms with Gasteiger partial charge in [-0.1, -0.05) is 47.7 Å². The average molecular weight is 562 g/mol. The normalized spacial score (nSPS) is 25.6. The van der Waals surface area contributed by atoms with Crippen LogP contribution in [0, 0.1) is 17.8 Å². The molecule has 0 radical (unpaired) electrons. The molecule has 0 spiro atoms. The fourth-order valence-electron chi connectivity index (χ4n) is 7.97. The van der Waals surface area contributed by atoms with Crippen molar-refractivity contribution in [3.63, 3.8) is 0 Å². The number of aromatic nitrogens is 5. The third-order valence-corrected chi connectivity index (χ3v) is 10.3. The van der Waals surface area contributed by atoms with E-state index >= 15 is 0 Å². The van der Waals surface area contributed by atoms with E-state index in [0.717, 1.165) is 40.3 Å². The van der Waals surface area contributed by atoms with Crippen molar-refractivity contribution in [3.8, 4) is 11.4 Å². The van der Waals surface area contributed by atoms with Crippen LogP contribution in [0.1, 0.15) is 61.2 Å². The first kappa shape index (κ1) is 24.7. The second-order valence-corrected chi connectivity index (χ2v) is 13.1. The molecule has 9 rings (SSSR count). The minimum atomic E-state index is -0.134. The Morgan fingerprint density at radius 1 is 0.927 bits per heavy atom. The minimum absolute atomic E-state index is 0.110. The van der Waals surface area contributed by atoms with E-state index in [2.05, 4.69) is 28.4 Å². The van der Waals surface area contributed by atoms with Crippen LogP contribution in [0.4, 0.5) is 0 Å². The first-order chi connectivity index (χ1) is 20.0. The molecule has 206 valence electrons. The van der Waals surface area contributed by atoms with Gasteiger partial charge in [-0.2, -0.15) is 14.6 Å². The predicted octanol–water partition coefficient (Wildman–Crippen LogP) is 5.53. The number of fused-ring (bicyclic) bond motifs is 1. The molecule has 0 unspecified atom stereocenters. The Balaban J connectivity index is 1.18. The Bertz CT molecular complexity index is 1850. The van der Waals surface area contributed by atoms with Crippen LogP contribution in [-0.4, -0.2) is 31.5 Å². The highest BCUT2D eigenvalue weighted by atomic mass is 32.1. The van der Waals surface area contributed by atoms with Gasteiger partial charge in [0.2, 0.25) is 4.96 Å². The highest BCUT2D eigenvalue weighted by molar-refractivity contribution is 7.15. The summed E-state index contributed by atoms with van der Waals surface area (Å²) in [6.07, 6.45) is 15.7. The molecule has 7 nitrogen and oxygen atoms in total. The average Bonchev–Trinajstić information content (AvgIpc) is 3.67. The van der Waals surface area contributed by atoms with Crippen LogP contribution in [0.3, 0.4) is 0 Å². The maximum Gasteiger partial charge on any atom is 0.291 e. The quantitative estimate of drug-likeness (QED) is 0.273. The molecule has 41 heavy (non-hydrogen) atoms. The number of para-hydroxylation sites is 1. The van der Waals surface area contributed by atoms with Crippen molar-refractivity contribution in [2.75, 3.05) is 7.11 Å². The van der Waals surface area contributed by atoms with Crippen molar-refractivity contribution in [1.82, 2.24) is 24.4 Å². The number of thiazole rings is 1. The number of methoxy groups -OCH3 is 1. The van der Waals surface area contributed by atoms with Crippen LogP contribution in [0.5, 0.6) is 5.75 Å². The molecule has 0 N–H and O–H groups in total. The van der Waals surface area contributed by atoms with Gasteiger partial charge in [0.1, 0.15) is 5.75 Å². The van der Waals surface area contributed by atoms with Crippen molar-refractivity contribution in [2.45, 2.75) is 43.9 Å². The molecule has 3 aromatic heterocycles. The summed E-state index contributed by atoms with van der Waals surface area (Å²) in [7, 11) is 1.65. The first-order valence-electron chi connectivity index (χ1n) is 14.4. The standard InChI is InChI=1S/C33H31N5O2S/c1-40-27-10-7-21(8-11-27)9-12-29-34-32-38(35-29)31(39)28(41-32)16-25-20-37(26-5-3-2-4-6-26)36-30(25)33-17-22-13-23(18-33)15-24(14-22)19-33/h2-12,16,20,22-24H,13-15,17-19H2,1H3/b12-9+,28-16-. The summed E-state index contributed by atoms with van der Waals surface area (Å²) in [6, 6.07) is 18.0. The van der Waals surface area contributed by atoms with E-state index in [1.807, 2.05) is 65.4 Å². The van der Waals surface area contributed by atoms with Gasteiger partial charge in [-0.05, 0) is 98.3 Å². The zero-order valence-corrected chi connectivity index (χ0v) is 23.8. The van der Waals surface area contributed by atoms with E-state index in [0.29, 0.717) is 15.3 Å². The van der Waals surface area contributed by atoms with E-state index in [-0.39, 0.29) is 11.0 Å². The molecule has 4 aliphatic carbocycles. The molecular formula is C33H31N5O2S. The summed E-state index contributed by atoms with van der Waals surface area (Å²) in [5.41, 5.74) is 4.24. The molecule has 4 aliphatic rings. The summed E-state index contributed by atoms with van der Waals surface area (Å²) in [4.78, 5) is 18.7. The minimum Gasteiger partial charge on any atom is -0.497 e. The molecule has 0 saturated heterocycles. The van der Waals surface area contributed by atoms with E-state index in [1.165, 1.54) is 60.1 Å². The molecule has 5 aromatic rings. The van der Waals surface area contributed by atoms with Gasteiger partial charge in [-0.15, -0.1) is 5.10 Å². The number of benzene rings is 2. The fraction of sp³-hybridized carbons (Fsp3) is 0.333. The SMILES string of the molecule is COc1ccc(/C=C/c2nc3s/c(=C\c4cn(-c5ccccc5)nc4C45CC6CC(CC(C6)C4)C5)c(=O)n3n2)cc1. The third-order valence-electron chi connectivity index (χ3n) is 9.33. The number of ether oxygens (including phenoxy) is 1. The smallest absolute Gasteiger partial charge is 0.291 e. The maximum absolute atomic E-state index is 13.5. The molecule has 3 heterocycles.